The number of carbonyl (C=O) groups is 1. The first-order chi connectivity index (χ1) is 8.95. The zero-order valence-corrected chi connectivity index (χ0v) is 12.1. The average Bonchev–Trinajstić information content (AvgIpc) is 2.26. The van der Waals surface area contributed by atoms with Gasteiger partial charge in [0.25, 0.3) is 0 Å². The summed E-state index contributed by atoms with van der Waals surface area (Å²) in [5.41, 5.74) is 2.18. The highest BCUT2D eigenvalue weighted by atomic mass is 16.2. The second-order valence-electron chi connectivity index (χ2n) is 6.46. The van der Waals surface area contributed by atoms with E-state index in [4.69, 9.17) is 0 Å². The number of carbonyl (C=O) groups excluding carboxylic acids is 1. The molecule has 0 aromatic heterocycles. The lowest BCUT2D eigenvalue weighted by atomic mass is 9.85. The summed E-state index contributed by atoms with van der Waals surface area (Å²) in [7, 11) is 0. The van der Waals surface area contributed by atoms with Crippen molar-refractivity contribution in [2.75, 3.05) is 11.9 Å². The van der Waals surface area contributed by atoms with Crippen LogP contribution in [0.3, 0.4) is 0 Å². The van der Waals surface area contributed by atoms with E-state index in [-0.39, 0.29) is 11.4 Å². The minimum atomic E-state index is -0.0991. The van der Waals surface area contributed by atoms with E-state index in [1.54, 1.807) is 0 Å². The first kappa shape index (κ1) is 13.9. The Bertz CT molecular complexity index is 444. The third kappa shape index (κ3) is 3.98. The van der Waals surface area contributed by atoms with Gasteiger partial charge in [-0.05, 0) is 41.9 Å². The molecule has 2 amide bonds. The lowest BCUT2D eigenvalue weighted by Crippen LogP contribution is -2.35. The molecule has 0 saturated heterocycles. The van der Waals surface area contributed by atoms with Crippen molar-refractivity contribution in [3.05, 3.63) is 29.8 Å². The van der Waals surface area contributed by atoms with Crippen LogP contribution in [0.4, 0.5) is 10.5 Å². The molecule has 1 fully saturated rings. The van der Waals surface area contributed by atoms with E-state index in [0.29, 0.717) is 5.92 Å². The molecule has 0 heterocycles. The van der Waals surface area contributed by atoms with Gasteiger partial charge < -0.3 is 10.6 Å². The van der Waals surface area contributed by atoms with E-state index in [1.165, 1.54) is 24.8 Å². The molecule has 0 spiro atoms. The number of amides is 2. The summed E-state index contributed by atoms with van der Waals surface area (Å²) >= 11 is 0. The molecule has 1 aliphatic rings. The average molecular weight is 260 g/mol. The summed E-state index contributed by atoms with van der Waals surface area (Å²) in [6.07, 6.45) is 3.81. The van der Waals surface area contributed by atoms with Gasteiger partial charge in [-0.3, -0.25) is 0 Å². The molecule has 0 aliphatic heterocycles. The van der Waals surface area contributed by atoms with Crippen LogP contribution < -0.4 is 10.6 Å². The van der Waals surface area contributed by atoms with Crippen molar-refractivity contribution < 1.29 is 4.79 Å². The van der Waals surface area contributed by atoms with Crippen molar-refractivity contribution >= 4 is 11.7 Å². The van der Waals surface area contributed by atoms with E-state index >= 15 is 0 Å². The molecular weight excluding hydrogens is 236 g/mol. The molecule has 3 heteroatoms. The van der Waals surface area contributed by atoms with Gasteiger partial charge in [-0.1, -0.05) is 39.3 Å². The van der Waals surface area contributed by atoms with Crippen molar-refractivity contribution in [1.29, 1.82) is 0 Å². The lowest BCUT2D eigenvalue weighted by Gasteiger charge is -2.25. The zero-order chi connectivity index (χ0) is 13.9. The highest BCUT2D eigenvalue weighted by Gasteiger charge is 2.18. The summed E-state index contributed by atoms with van der Waals surface area (Å²) in [5.74, 6) is 0.687. The van der Waals surface area contributed by atoms with Crippen LogP contribution in [-0.2, 0) is 5.41 Å². The lowest BCUT2D eigenvalue weighted by molar-refractivity contribution is 0.243. The van der Waals surface area contributed by atoms with Crippen LogP contribution in [0.15, 0.2) is 24.3 Å². The van der Waals surface area contributed by atoms with Gasteiger partial charge in [0.2, 0.25) is 0 Å². The van der Waals surface area contributed by atoms with Gasteiger partial charge >= 0.3 is 6.03 Å². The van der Waals surface area contributed by atoms with Gasteiger partial charge in [-0.15, -0.1) is 0 Å². The van der Waals surface area contributed by atoms with Gasteiger partial charge in [0.15, 0.2) is 0 Å². The van der Waals surface area contributed by atoms with Crippen molar-refractivity contribution in [3.63, 3.8) is 0 Å². The summed E-state index contributed by atoms with van der Waals surface area (Å²) < 4.78 is 0. The molecule has 2 N–H and O–H groups in total. The Kier molecular flexibility index (Phi) is 4.13. The highest BCUT2D eigenvalue weighted by molar-refractivity contribution is 5.89. The smallest absolute Gasteiger partial charge is 0.319 e. The van der Waals surface area contributed by atoms with Crippen LogP contribution in [0, 0.1) is 5.92 Å². The Morgan fingerprint density at radius 1 is 1.32 bits per heavy atom. The molecule has 3 nitrogen and oxygen atoms in total. The van der Waals surface area contributed by atoms with Crippen LogP contribution in [0.5, 0.6) is 0 Å². The maximum absolute atomic E-state index is 11.8. The van der Waals surface area contributed by atoms with Crippen molar-refractivity contribution in [1.82, 2.24) is 5.32 Å². The zero-order valence-electron chi connectivity index (χ0n) is 12.1. The number of rotatable bonds is 3. The van der Waals surface area contributed by atoms with E-state index < -0.39 is 0 Å². The first-order valence-electron chi connectivity index (χ1n) is 7.10. The number of hydrogen-bond acceptors (Lipinski definition) is 1. The van der Waals surface area contributed by atoms with Gasteiger partial charge in [-0.25, -0.2) is 4.79 Å². The molecule has 0 bridgehead atoms. The van der Waals surface area contributed by atoms with Gasteiger partial charge in [0, 0.05) is 12.2 Å². The van der Waals surface area contributed by atoms with Crippen molar-refractivity contribution in [3.8, 4) is 0 Å². The molecule has 19 heavy (non-hydrogen) atoms. The predicted octanol–water partition coefficient (Wildman–Crippen LogP) is 3.91. The number of benzene rings is 1. The molecule has 0 radical (unpaired) electrons. The number of nitrogens with one attached hydrogen (secondary N) is 2. The molecule has 104 valence electrons. The fourth-order valence-corrected chi connectivity index (χ4v) is 2.17. The maximum atomic E-state index is 11.8. The van der Waals surface area contributed by atoms with Crippen molar-refractivity contribution in [2.45, 2.75) is 45.4 Å². The molecule has 0 unspecified atom stereocenters. The summed E-state index contributed by atoms with van der Waals surface area (Å²) in [6.45, 7) is 7.30. The van der Waals surface area contributed by atoms with Crippen LogP contribution in [-0.4, -0.2) is 12.6 Å². The van der Waals surface area contributed by atoms with Crippen LogP contribution in [0.2, 0.25) is 0 Å². The van der Waals surface area contributed by atoms with Crippen LogP contribution in [0.25, 0.3) is 0 Å². The fraction of sp³-hybridized carbons (Fsp3) is 0.562. The van der Waals surface area contributed by atoms with Gasteiger partial charge in [0.05, 0.1) is 0 Å². The van der Waals surface area contributed by atoms with Gasteiger partial charge in [0.1, 0.15) is 0 Å². The molecule has 0 atom stereocenters. The molecule has 1 saturated carbocycles. The first-order valence-corrected chi connectivity index (χ1v) is 7.10. The Balaban J connectivity index is 1.89. The Morgan fingerprint density at radius 2 is 2.05 bits per heavy atom. The molecule has 1 aliphatic carbocycles. The van der Waals surface area contributed by atoms with Crippen molar-refractivity contribution in [2.24, 2.45) is 5.92 Å². The minimum Gasteiger partial charge on any atom is -0.338 e. The summed E-state index contributed by atoms with van der Waals surface area (Å²) in [4.78, 5) is 11.8. The second kappa shape index (κ2) is 5.64. The van der Waals surface area contributed by atoms with E-state index in [9.17, 15) is 4.79 Å². The Labute approximate surface area is 115 Å². The minimum absolute atomic E-state index is 0.0973. The maximum Gasteiger partial charge on any atom is 0.319 e. The largest absolute Gasteiger partial charge is 0.338 e. The normalized spacial score (nSPS) is 15.7. The molecule has 2 rings (SSSR count). The topological polar surface area (TPSA) is 41.1 Å². The summed E-state index contributed by atoms with van der Waals surface area (Å²) in [5, 5.41) is 5.85. The van der Waals surface area contributed by atoms with E-state index in [1.807, 2.05) is 18.2 Å². The number of anilines is 1. The van der Waals surface area contributed by atoms with E-state index in [0.717, 1.165) is 12.2 Å². The highest BCUT2D eigenvalue weighted by Crippen LogP contribution is 2.26. The third-order valence-corrected chi connectivity index (χ3v) is 3.76. The monoisotopic (exact) mass is 260 g/mol. The quantitative estimate of drug-likeness (QED) is 0.850. The third-order valence-electron chi connectivity index (χ3n) is 3.76. The second-order valence-corrected chi connectivity index (χ2v) is 6.46. The SMILES string of the molecule is CC(C)(C)c1cccc(NC(=O)NCC2CCC2)c1. The van der Waals surface area contributed by atoms with Crippen LogP contribution in [0.1, 0.15) is 45.6 Å². The van der Waals surface area contributed by atoms with E-state index in [2.05, 4.69) is 37.5 Å². The van der Waals surface area contributed by atoms with Gasteiger partial charge in [-0.2, -0.15) is 0 Å². The Hall–Kier alpha value is -1.51. The number of urea groups is 1. The van der Waals surface area contributed by atoms with Crippen LogP contribution >= 0.6 is 0 Å². The molecular formula is C16H24N2O. The molecule has 1 aromatic carbocycles. The number of hydrogen-bond donors (Lipinski definition) is 2. The molecule has 1 aromatic rings. The fourth-order valence-electron chi connectivity index (χ4n) is 2.17. The predicted molar refractivity (Wildman–Crippen MR) is 79.5 cm³/mol. The standard InChI is InChI=1S/C16H24N2O/c1-16(2,3)13-8-5-9-14(10-13)18-15(19)17-11-12-6-4-7-12/h5,8-10,12H,4,6-7,11H2,1-3H3,(H2,17,18,19). The summed E-state index contributed by atoms with van der Waals surface area (Å²) in [6, 6.07) is 7.96. The Morgan fingerprint density at radius 3 is 2.63 bits per heavy atom.